The number of aryl methyl sites for hydroxylation is 2. The minimum Gasteiger partial charge on any atom is -0.465 e. The van der Waals surface area contributed by atoms with E-state index in [0.717, 1.165) is 11.1 Å². The molecule has 8 nitrogen and oxygen atoms in total. The van der Waals surface area contributed by atoms with E-state index in [2.05, 4.69) is 0 Å². The minimum atomic E-state index is -4.00. The SMILES string of the molecule is COC(=O)c1ccccc1S(=O)(=O)N1CCN(S(=O)(=O)c2c(C)c(C)cc(C)c2C)CC1. The summed E-state index contributed by atoms with van der Waals surface area (Å²) in [7, 11) is -6.60. The number of carbonyl (C=O) groups is 1. The van der Waals surface area contributed by atoms with E-state index in [4.69, 9.17) is 4.74 Å². The van der Waals surface area contributed by atoms with Crippen molar-refractivity contribution in [2.75, 3.05) is 33.3 Å². The van der Waals surface area contributed by atoms with Gasteiger partial charge in [-0.1, -0.05) is 18.2 Å². The van der Waals surface area contributed by atoms with Crippen molar-refractivity contribution in [1.29, 1.82) is 0 Å². The van der Waals surface area contributed by atoms with Crippen LogP contribution in [-0.4, -0.2) is 64.7 Å². The molecule has 0 atom stereocenters. The van der Waals surface area contributed by atoms with E-state index in [1.807, 2.05) is 19.9 Å². The Balaban J connectivity index is 1.89. The van der Waals surface area contributed by atoms with Crippen molar-refractivity contribution < 1.29 is 26.4 Å². The molecule has 0 radical (unpaired) electrons. The van der Waals surface area contributed by atoms with Crippen LogP contribution >= 0.6 is 0 Å². The van der Waals surface area contributed by atoms with Gasteiger partial charge in [0.15, 0.2) is 0 Å². The quantitative estimate of drug-likeness (QED) is 0.609. The largest absolute Gasteiger partial charge is 0.465 e. The van der Waals surface area contributed by atoms with E-state index >= 15 is 0 Å². The average molecular weight is 481 g/mol. The Kier molecular flexibility index (Phi) is 6.80. The number of sulfonamides is 2. The number of nitrogens with zero attached hydrogens (tertiary/aromatic N) is 2. The van der Waals surface area contributed by atoms with E-state index in [1.54, 1.807) is 19.9 Å². The highest BCUT2D eigenvalue weighted by Gasteiger charge is 2.36. The molecule has 1 aliphatic heterocycles. The maximum Gasteiger partial charge on any atom is 0.339 e. The Morgan fingerprint density at radius 2 is 1.28 bits per heavy atom. The molecule has 3 rings (SSSR count). The van der Waals surface area contributed by atoms with Crippen LogP contribution in [0.5, 0.6) is 0 Å². The van der Waals surface area contributed by atoms with Gasteiger partial charge in [-0.2, -0.15) is 8.61 Å². The van der Waals surface area contributed by atoms with Gasteiger partial charge in [0.05, 0.1) is 22.5 Å². The summed E-state index contributed by atoms with van der Waals surface area (Å²) < 4.78 is 60.5. The second-order valence-corrected chi connectivity index (χ2v) is 11.7. The van der Waals surface area contributed by atoms with Crippen molar-refractivity contribution in [3.8, 4) is 0 Å². The van der Waals surface area contributed by atoms with Gasteiger partial charge in [0.25, 0.3) is 0 Å². The molecule has 174 valence electrons. The summed E-state index contributed by atoms with van der Waals surface area (Å²) >= 11 is 0. The van der Waals surface area contributed by atoms with Crippen LogP contribution in [0.1, 0.15) is 32.6 Å². The summed E-state index contributed by atoms with van der Waals surface area (Å²) in [6.45, 7) is 7.36. The fourth-order valence-electron chi connectivity index (χ4n) is 3.96. The lowest BCUT2D eigenvalue weighted by Gasteiger charge is -2.34. The van der Waals surface area contributed by atoms with Crippen LogP contribution in [-0.2, 0) is 24.8 Å². The summed E-state index contributed by atoms with van der Waals surface area (Å²) in [5.41, 5.74) is 3.15. The van der Waals surface area contributed by atoms with E-state index in [9.17, 15) is 21.6 Å². The molecule has 0 N–H and O–H groups in total. The van der Waals surface area contributed by atoms with Gasteiger partial charge in [0.1, 0.15) is 0 Å². The highest BCUT2D eigenvalue weighted by molar-refractivity contribution is 7.89. The molecule has 1 aliphatic rings. The van der Waals surface area contributed by atoms with Crippen LogP contribution < -0.4 is 0 Å². The first-order valence-electron chi connectivity index (χ1n) is 10.2. The molecule has 0 unspecified atom stereocenters. The maximum absolute atomic E-state index is 13.4. The van der Waals surface area contributed by atoms with Crippen LogP contribution in [0.25, 0.3) is 0 Å². The molecule has 0 bridgehead atoms. The van der Waals surface area contributed by atoms with E-state index in [1.165, 1.54) is 33.9 Å². The average Bonchev–Trinajstić information content (AvgIpc) is 2.77. The third-order valence-electron chi connectivity index (χ3n) is 6.00. The molecule has 32 heavy (non-hydrogen) atoms. The summed E-state index contributed by atoms with van der Waals surface area (Å²) in [6, 6.07) is 7.81. The van der Waals surface area contributed by atoms with Gasteiger partial charge in [0, 0.05) is 26.2 Å². The number of carbonyl (C=O) groups excluding carboxylic acids is 1. The Morgan fingerprint density at radius 1 is 0.812 bits per heavy atom. The van der Waals surface area contributed by atoms with Crippen molar-refractivity contribution >= 4 is 26.0 Å². The minimum absolute atomic E-state index is 0.0139. The predicted octanol–water partition coefficient (Wildman–Crippen LogP) is 2.40. The number of hydrogen-bond donors (Lipinski definition) is 0. The van der Waals surface area contributed by atoms with Gasteiger partial charge in [-0.15, -0.1) is 0 Å². The van der Waals surface area contributed by atoms with Crippen LogP contribution in [0, 0.1) is 27.7 Å². The summed E-state index contributed by atoms with van der Waals surface area (Å²) in [5, 5.41) is 0. The normalized spacial score (nSPS) is 16.2. The molecule has 10 heteroatoms. The van der Waals surface area contributed by atoms with Crippen LogP contribution in [0.2, 0.25) is 0 Å². The van der Waals surface area contributed by atoms with Crippen LogP contribution in [0.15, 0.2) is 40.1 Å². The second kappa shape index (κ2) is 8.93. The number of methoxy groups -OCH3 is 1. The highest BCUT2D eigenvalue weighted by atomic mass is 32.2. The Bertz CT molecular complexity index is 1240. The molecular formula is C22H28N2O6S2. The lowest BCUT2D eigenvalue weighted by Crippen LogP contribution is -2.50. The predicted molar refractivity (Wildman–Crippen MR) is 121 cm³/mol. The molecule has 1 heterocycles. The fourth-order valence-corrected chi connectivity index (χ4v) is 7.56. The lowest BCUT2D eigenvalue weighted by molar-refractivity contribution is 0.0596. The van der Waals surface area contributed by atoms with Crippen molar-refractivity contribution in [1.82, 2.24) is 8.61 Å². The zero-order valence-corrected chi connectivity index (χ0v) is 20.5. The highest BCUT2D eigenvalue weighted by Crippen LogP contribution is 2.30. The molecule has 0 amide bonds. The summed E-state index contributed by atoms with van der Waals surface area (Å²) in [5.74, 6) is -0.744. The number of benzene rings is 2. The van der Waals surface area contributed by atoms with Crippen molar-refractivity contribution in [2.45, 2.75) is 37.5 Å². The second-order valence-electron chi connectivity index (χ2n) is 7.89. The zero-order chi connectivity index (χ0) is 23.8. The van der Waals surface area contributed by atoms with Gasteiger partial charge < -0.3 is 4.74 Å². The van der Waals surface area contributed by atoms with Crippen LogP contribution in [0.4, 0.5) is 0 Å². The first-order chi connectivity index (χ1) is 14.9. The molecule has 1 fully saturated rings. The topological polar surface area (TPSA) is 101 Å². The van der Waals surface area contributed by atoms with Crippen molar-refractivity contribution in [3.05, 3.63) is 58.1 Å². The monoisotopic (exact) mass is 480 g/mol. The summed E-state index contributed by atoms with van der Waals surface area (Å²) in [6.07, 6.45) is 0. The smallest absolute Gasteiger partial charge is 0.339 e. The van der Waals surface area contributed by atoms with Crippen LogP contribution in [0.3, 0.4) is 0 Å². The molecular weight excluding hydrogens is 452 g/mol. The van der Waals surface area contributed by atoms with Crippen molar-refractivity contribution in [2.24, 2.45) is 0 Å². The molecule has 1 saturated heterocycles. The summed E-state index contributed by atoms with van der Waals surface area (Å²) in [4.78, 5) is 12.2. The van der Waals surface area contributed by atoms with E-state index in [-0.39, 0.29) is 36.6 Å². The Labute approximate surface area is 189 Å². The standard InChI is InChI=1S/C22H28N2O6S2/c1-15-14-16(2)18(4)21(17(15)3)32(28,29)24-12-10-23(11-13-24)31(26,27)20-9-7-6-8-19(20)22(25)30-5/h6-9,14H,10-13H2,1-5H3. The number of piperazine rings is 1. The molecule has 2 aromatic rings. The molecule has 0 spiro atoms. The molecule has 0 aromatic heterocycles. The fraction of sp³-hybridized carbons (Fsp3) is 0.409. The number of hydrogen-bond acceptors (Lipinski definition) is 6. The van der Waals surface area contributed by atoms with Gasteiger partial charge in [-0.3, -0.25) is 0 Å². The Morgan fingerprint density at radius 3 is 1.78 bits per heavy atom. The maximum atomic E-state index is 13.4. The molecule has 0 saturated carbocycles. The van der Waals surface area contributed by atoms with Gasteiger partial charge in [-0.25, -0.2) is 21.6 Å². The molecule has 0 aliphatic carbocycles. The number of rotatable bonds is 5. The third kappa shape index (κ3) is 4.19. The third-order valence-corrected chi connectivity index (χ3v) is 10.1. The Hall–Kier alpha value is -2.27. The van der Waals surface area contributed by atoms with E-state index < -0.39 is 26.0 Å². The molecule has 2 aromatic carbocycles. The number of esters is 1. The number of ether oxygens (including phenoxy) is 1. The van der Waals surface area contributed by atoms with Gasteiger partial charge in [0.2, 0.25) is 20.0 Å². The van der Waals surface area contributed by atoms with Gasteiger partial charge >= 0.3 is 5.97 Å². The van der Waals surface area contributed by atoms with Crippen molar-refractivity contribution in [3.63, 3.8) is 0 Å². The first kappa shape index (κ1) is 24.4. The van der Waals surface area contributed by atoms with E-state index in [0.29, 0.717) is 16.0 Å². The zero-order valence-electron chi connectivity index (χ0n) is 18.9. The first-order valence-corrected chi connectivity index (χ1v) is 13.1. The lowest BCUT2D eigenvalue weighted by atomic mass is 10.0. The van der Waals surface area contributed by atoms with Gasteiger partial charge in [-0.05, 0) is 62.1 Å².